The van der Waals surface area contributed by atoms with Crippen LogP contribution >= 0.6 is 0 Å². The number of nitriles is 1. The van der Waals surface area contributed by atoms with Crippen molar-refractivity contribution < 1.29 is 14.3 Å². The quantitative estimate of drug-likeness (QED) is 0.665. The minimum atomic E-state index is -0.147. The van der Waals surface area contributed by atoms with E-state index in [1.807, 2.05) is 24.3 Å². The molecule has 0 spiro atoms. The third kappa shape index (κ3) is 3.75. The molecule has 8 heteroatoms. The molecular formula is C21H19N5O3. The molecule has 0 saturated carbocycles. The predicted octanol–water partition coefficient (Wildman–Crippen LogP) is 2.27. The Labute approximate surface area is 167 Å². The molecular weight excluding hydrogens is 370 g/mol. The zero-order chi connectivity index (χ0) is 20.4. The minimum absolute atomic E-state index is 0.104. The summed E-state index contributed by atoms with van der Waals surface area (Å²) in [6.07, 6.45) is 1.39. The number of rotatable bonds is 5. The summed E-state index contributed by atoms with van der Waals surface area (Å²) in [6.45, 7) is 0.911. The number of carbonyl (C=O) groups excluding carboxylic acids is 1. The van der Waals surface area contributed by atoms with Gasteiger partial charge in [-0.2, -0.15) is 10.4 Å². The zero-order valence-corrected chi connectivity index (χ0v) is 16.1. The highest BCUT2D eigenvalue weighted by atomic mass is 16.5. The number of hydrogen-bond donors (Lipinski definition) is 0. The van der Waals surface area contributed by atoms with Gasteiger partial charge < -0.3 is 14.4 Å². The number of carbonyl (C=O) groups is 1. The van der Waals surface area contributed by atoms with E-state index in [0.29, 0.717) is 35.9 Å². The second-order valence-electron chi connectivity index (χ2n) is 6.71. The van der Waals surface area contributed by atoms with Crippen LogP contribution in [-0.4, -0.2) is 51.9 Å². The normalized spacial score (nSPS) is 13.5. The van der Waals surface area contributed by atoms with Crippen molar-refractivity contribution in [1.82, 2.24) is 19.7 Å². The third-order valence-corrected chi connectivity index (χ3v) is 4.75. The first kappa shape index (κ1) is 18.5. The van der Waals surface area contributed by atoms with E-state index in [9.17, 15) is 4.79 Å². The molecule has 3 heterocycles. The third-order valence-electron chi connectivity index (χ3n) is 4.75. The molecule has 0 unspecified atom stereocenters. The van der Waals surface area contributed by atoms with Crippen LogP contribution in [0.5, 0.6) is 11.6 Å². The van der Waals surface area contributed by atoms with E-state index in [1.54, 1.807) is 41.9 Å². The molecule has 29 heavy (non-hydrogen) atoms. The molecule has 0 atom stereocenters. The van der Waals surface area contributed by atoms with Crippen molar-refractivity contribution in [3.8, 4) is 29.0 Å². The van der Waals surface area contributed by atoms with Gasteiger partial charge in [-0.1, -0.05) is 12.1 Å². The SMILES string of the molecule is COc1cccc(-c2cc(C(=O)N3CC(Oc4cc(C#N)ccn4)C3)n(C)n2)c1. The van der Waals surface area contributed by atoms with Crippen LogP contribution in [0.1, 0.15) is 16.1 Å². The summed E-state index contributed by atoms with van der Waals surface area (Å²) < 4.78 is 12.6. The molecule has 0 aliphatic carbocycles. The Morgan fingerprint density at radius 1 is 1.24 bits per heavy atom. The van der Waals surface area contributed by atoms with Crippen LogP contribution in [-0.2, 0) is 7.05 Å². The number of benzene rings is 1. The Kier molecular flexibility index (Phi) is 4.87. The Morgan fingerprint density at radius 3 is 2.83 bits per heavy atom. The van der Waals surface area contributed by atoms with Gasteiger partial charge in [0.15, 0.2) is 0 Å². The molecule has 1 aliphatic rings. The number of methoxy groups -OCH3 is 1. The molecule has 0 radical (unpaired) electrons. The van der Waals surface area contributed by atoms with Gasteiger partial charge in [0.2, 0.25) is 5.88 Å². The van der Waals surface area contributed by atoms with Gasteiger partial charge in [-0.05, 0) is 24.3 Å². The van der Waals surface area contributed by atoms with Crippen molar-refractivity contribution in [2.75, 3.05) is 20.2 Å². The summed E-state index contributed by atoms with van der Waals surface area (Å²) >= 11 is 0. The number of aryl methyl sites for hydroxylation is 1. The second-order valence-corrected chi connectivity index (χ2v) is 6.71. The lowest BCUT2D eigenvalue weighted by molar-refractivity contribution is 0.0152. The van der Waals surface area contributed by atoms with E-state index >= 15 is 0 Å². The molecule has 1 fully saturated rings. The molecule has 1 amide bonds. The lowest BCUT2D eigenvalue weighted by Gasteiger charge is -2.38. The first-order valence-corrected chi connectivity index (χ1v) is 9.08. The molecule has 0 bridgehead atoms. The van der Waals surface area contributed by atoms with Crippen molar-refractivity contribution in [3.63, 3.8) is 0 Å². The number of hydrogen-bond acceptors (Lipinski definition) is 6. The lowest BCUT2D eigenvalue weighted by Crippen LogP contribution is -2.56. The van der Waals surface area contributed by atoms with Gasteiger partial charge in [0.05, 0.1) is 37.5 Å². The van der Waals surface area contributed by atoms with Crippen LogP contribution in [0.2, 0.25) is 0 Å². The highest BCUT2D eigenvalue weighted by Gasteiger charge is 2.34. The molecule has 4 rings (SSSR count). The summed E-state index contributed by atoms with van der Waals surface area (Å²) in [5.41, 5.74) is 2.58. The molecule has 146 valence electrons. The first-order valence-electron chi connectivity index (χ1n) is 9.08. The van der Waals surface area contributed by atoms with E-state index in [2.05, 4.69) is 16.2 Å². The fraction of sp³-hybridized carbons (Fsp3) is 0.238. The van der Waals surface area contributed by atoms with Gasteiger partial charge in [-0.3, -0.25) is 9.48 Å². The number of amides is 1. The van der Waals surface area contributed by atoms with E-state index in [1.165, 1.54) is 6.20 Å². The number of ether oxygens (including phenoxy) is 2. The first-order chi connectivity index (χ1) is 14.1. The maximum Gasteiger partial charge on any atom is 0.272 e. The summed E-state index contributed by atoms with van der Waals surface area (Å²) in [4.78, 5) is 18.6. The molecule has 3 aromatic rings. The minimum Gasteiger partial charge on any atom is -0.497 e. The number of pyridine rings is 1. The summed E-state index contributed by atoms with van der Waals surface area (Å²) in [5, 5.41) is 13.4. The maximum atomic E-state index is 12.8. The molecule has 2 aromatic heterocycles. The second kappa shape index (κ2) is 7.64. The number of aromatic nitrogens is 3. The molecule has 0 N–H and O–H groups in total. The van der Waals surface area contributed by atoms with Crippen molar-refractivity contribution in [2.45, 2.75) is 6.10 Å². The topological polar surface area (TPSA) is 93.3 Å². The van der Waals surface area contributed by atoms with Crippen molar-refractivity contribution in [3.05, 3.63) is 59.9 Å². The molecule has 1 aliphatic heterocycles. The van der Waals surface area contributed by atoms with Crippen LogP contribution < -0.4 is 9.47 Å². The largest absolute Gasteiger partial charge is 0.497 e. The Bertz CT molecular complexity index is 1100. The highest BCUT2D eigenvalue weighted by Crippen LogP contribution is 2.25. The maximum absolute atomic E-state index is 12.8. The van der Waals surface area contributed by atoms with Crippen LogP contribution in [0, 0.1) is 11.3 Å². The van der Waals surface area contributed by atoms with Crippen molar-refractivity contribution in [2.24, 2.45) is 7.05 Å². The summed E-state index contributed by atoms with van der Waals surface area (Å²) in [7, 11) is 3.36. The number of nitrogens with zero attached hydrogens (tertiary/aromatic N) is 5. The van der Waals surface area contributed by atoms with E-state index < -0.39 is 0 Å². The van der Waals surface area contributed by atoms with Gasteiger partial charge in [-0.25, -0.2) is 4.98 Å². The van der Waals surface area contributed by atoms with Gasteiger partial charge in [-0.15, -0.1) is 0 Å². The Hall–Kier alpha value is -3.86. The van der Waals surface area contributed by atoms with Gasteiger partial charge in [0.25, 0.3) is 5.91 Å². The zero-order valence-electron chi connectivity index (χ0n) is 16.1. The fourth-order valence-corrected chi connectivity index (χ4v) is 3.15. The fourth-order valence-electron chi connectivity index (χ4n) is 3.15. The average Bonchev–Trinajstić information content (AvgIpc) is 3.12. The van der Waals surface area contributed by atoms with E-state index in [4.69, 9.17) is 14.7 Å². The monoisotopic (exact) mass is 389 g/mol. The number of likely N-dealkylation sites (tertiary alicyclic amines) is 1. The molecule has 1 saturated heterocycles. The average molecular weight is 389 g/mol. The van der Waals surface area contributed by atoms with E-state index in [0.717, 1.165) is 11.3 Å². The van der Waals surface area contributed by atoms with Crippen LogP contribution in [0.15, 0.2) is 48.7 Å². The Balaban J connectivity index is 1.42. The predicted molar refractivity (Wildman–Crippen MR) is 104 cm³/mol. The van der Waals surface area contributed by atoms with E-state index in [-0.39, 0.29) is 12.0 Å². The lowest BCUT2D eigenvalue weighted by atomic mass is 10.1. The highest BCUT2D eigenvalue weighted by molar-refractivity contribution is 5.94. The molecule has 8 nitrogen and oxygen atoms in total. The van der Waals surface area contributed by atoms with Gasteiger partial charge >= 0.3 is 0 Å². The van der Waals surface area contributed by atoms with Crippen LogP contribution in [0.4, 0.5) is 0 Å². The standard InChI is InChI=1S/C21H19N5O3/c1-25-19(10-18(24-25)15-4-3-5-16(9-15)28-2)21(27)26-12-17(13-26)29-20-8-14(11-22)6-7-23-20/h3-10,17H,12-13H2,1-2H3. The van der Waals surface area contributed by atoms with Crippen LogP contribution in [0.3, 0.4) is 0 Å². The van der Waals surface area contributed by atoms with Crippen molar-refractivity contribution in [1.29, 1.82) is 5.26 Å². The smallest absolute Gasteiger partial charge is 0.272 e. The van der Waals surface area contributed by atoms with Gasteiger partial charge in [0.1, 0.15) is 17.5 Å². The van der Waals surface area contributed by atoms with Crippen LogP contribution in [0.25, 0.3) is 11.3 Å². The molecule has 1 aromatic carbocycles. The Morgan fingerprint density at radius 2 is 2.07 bits per heavy atom. The van der Waals surface area contributed by atoms with Crippen molar-refractivity contribution >= 4 is 5.91 Å². The van der Waals surface area contributed by atoms with Gasteiger partial charge in [0, 0.05) is 24.9 Å². The summed E-state index contributed by atoms with van der Waals surface area (Å²) in [5.74, 6) is 1.02. The summed E-state index contributed by atoms with van der Waals surface area (Å²) in [6, 6.07) is 14.6.